The average Bonchev–Trinajstić information content (AvgIpc) is 3.23. The van der Waals surface area contributed by atoms with Gasteiger partial charge in [0.05, 0.1) is 11.9 Å². The number of nitrogens with one attached hydrogen (secondary N) is 4. The van der Waals surface area contributed by atoms with E-state index in [1.54, 1.807) is 18.5 Å². The molecule has 2 heterocycles. The lowest BCUT2D eigenvalue weighted by molar-refractivity contribution is 0.248. The van der Waals surface area contributed by atoms with Crippen LogP contribution >= 0.6 is 0 Å². The SMILES string of the molecule is Cc1cc(Nc2cnc(NC(=O)NC3CCC(c4ccc(F)cc4)C3)cc2C=N)ccn1.[HH].[HH]. The van der Waals surface area contributed by atoms with Crippen LogP contribution in [0.5, 0.6) is 0 Å². The number of anilines is 3. The molecule has 1 aliphatic rings. The van der Waals surface area contributed by atoms with E-state index >= 15 is 0 Å². The minimum atomic E-state index is -0.330. The van der Waals surface area contributed by atoms with Gasteiger partial charge in [-0.2, -0.15) is 0 Å². The highest BCUT2D eigenvalue weighted by molar-refractivity contribution is 5.92. The second kappa shape index (κ2) is 9.55. The smallest absolute Gasteiger partial charge is 0.320 e. The van der Waals surface area contributed by atoms with Crippen LogP contribution in [0.4, 0.5) is 26.4 Å². The largest absolute Gasteiger partial charge is 0.354 e. The molecule has 8 heteroatoms. The summed E-state index contributed by atoms with van der Waals surface area (Å²) in [5.74, 6) is 0.436. The van der Waals surface area contributed by atoms with Gasteiger partial charge in [-0.05, 0) is 68.0 Å². The predicted molar refractivity (Wildman–Crippen MR) is 128 cm³/mol. The van der Waals surface area contributed by atoms with E-state index < -0.39 is 0 Å². The lowest BCUT2D eigenvalue weighted by Crippen LogP contribution is -2.36. The number of aromatic nitrogens is 2. The van der Waals surface area contributed by atoms with Crippen LogP contribution in [0.3, 0.4) is 0 Å². The van der Waals surface area contributed by atoms with E-state index in [1.165, 1.54) is 18.3 Å². The number of amides is 2. The lowest BCUT2D eigenvalue weighted by atomic mass is 9.97. The van der Waals surface area contributed by atoms with Gasteiger partial charge in [0.15, 0.2) is 0 Å². The molecule has 4 N–H and O–H groups in total. The van der Waals surface area contributed by atoms with Crippen molar-refractivity contribution in [3.8, 4) is 0 Å². The Morgan fingerprint density at radius 3 is 2.75 bits per heavy atom. The molecule has 2 unspecified atom stereocenters. The third-order valence-electron chi connectivity index (χ3n) is 5.62. The number of urea groups is 1. The second-order valence-corrected chi connectivity index (χ2v) is 7.97. The van der Waals surface area contributed by atoms with Crippen LogP contribution in [-0.4, -0.2) is 28.3 Å². The average molecular weight is 437 g/mol. The Labute approximate surface area is 189 Å². The molecule has 4 rings (SSSR count). The third kappa shape index (κ3) is 5.26. The number of carbonyl (C=O) groups is 1. The van der Waals surface area contributed by atoms with Gasteiger partial charge in [0.2, 0.25) is 0 Å². The fraction of sp³-hybridized carbons (Fsp3) is 0.250. The lowest BCUT2D eigenvalue weighted by Gasteiger charge is -2.15. The Bertz CT molecular complexity index is 1130. The van der Waals surface area contributed by atoms with Gasteiger partial charge < -0.3 is 16.0 Å². The van der Waals surface area contributed by atoms with E-state index in [0.717, 1.165) is 36.2 Å². The Balaban J connectivity index is 0.00000204. The minimum absolute atomic E-state index is 0. The molecule has 7 nitrogen and oxygen atoms in total. The van der Waals surface area contributed by atoms with Gasteiger partial charge in [0.25, 0.3) is 0 Å². The number of nitrogens with zero attached hydrogens (tertiary/aromatic N) is 2. The number of hydrogen-bond donors (Lipinski definition) is 4. The van der Waals surface area contributed by atoms with Gasteiger partial charge in [-0.1, -0.05) is 12.1 Å². The van der Waals surface area contributed by atoms with Crippen LogP contribution in [0.25, 0.3) is 0 Å². The molecule has 2 amide bonds. The maximum Gasteiger partial charge on any atom is 0.320 e. The molecule has 168 valence electrons. The molecule has 1 saturated carbocycles. The van der Waals surface area contributed by atoms with E-state index in [4.69, 9.17) is 5.41 Å². The van der Waals surface area contributed by atoms with Gasteiger partial charge in [-0.25, -0.2) is 14.2 Å². The molecule has 0 aliphatic heterocycles. The number of benzene rings is 1. The molecular weight excluding hydrogens is 407 g/mol. The first-order valence-electron chi connectivity index (χ1n) is 10.5. The summed E-state index contributed by atoms with van der Waals surface area (Å²) in [4.78, 5) is 20.9. The molecule has 2 atom stereocenters. The normalized spacial score (nSPS) is 17.6. The molecule has 1 aromatic carbocycles. The second-order valence-electron chi connectivity index (χ2n) is 7.97. The Kier molecular flexibility index (Phi) is 6.39. The number of hydrogen-bond acceptors (Lipinski definition) is 5. The topological polar surface area (TPSA) is 103 Å². The van der Waals surface area contributed by atoms with E-state index in [0.29, 0.717) is 23.0 Å². The maximum absolute atomic E-state index is 13.1. The first-order chi connectivity index (χ1) is 15.5. The highest BCUT2D eigenvalue weighted by Crippen LogP contribution is 2.34. The van der Waals surface area contributed by atoms with Gasteiger partial charge >= 0.3 is 6.03 Å². The summed E-state index contributed by atoms with van der Waals surface area (Å²) in [6.45, 7) is 1.90. The van der Waals surface area contributed by atoms with E-state index in [9.17, 15) is 9.18 Å². The molecule has 0 saturated heterocycles. The number of pyridine rings is 2. The van der Waals surface area contributed by atoms with Crippen molar-refractivity contribution in [3.63, 3.8) is 0 Å². The summed E-state index contributed by atoms with van der Waals surface area (Å²) in [5.41, 5.74) is 4.08. The number of aryl methyl sites for hydroxylation is 1. The molecule has 32 heavy (non-hydrogen) atoms. The van der Waals surface area contributed by atoms with Crippen LogP contribution in [0.2, 0.25) is 0 Å². The Morgan fingerprint density at radius 2 is 2.00 bits per heavy atom. The highest BCUT2D eigenvalue weighted by atomic mass is 19.1. The first kappa shape index (κ1) is 21.4. The van der Waals surface area contributed by atoms with Crippen molar-refractivity contribution in [3.05, 3.63) is 77.5 Å². The quantitative estimate of drug-likeness (QED) is 0.377. The van der Waals surface area contributed by atoms with Crippen molar-refractivity contribution in [2.45, 2.75) is 38.1 Å². The molecule has 0 spiro atoms. The van der Waals surface area contributed by atoms with E-state index in [1.807, 2.05) is 31.2 Å². The van der Waals surface area contributed by atoms with Crippen molar-refractivity contribution >= 4 is 29.4 Å². The summed E-state index contributed by atoms with van der Waals surface area (Å²) in [7, 11) is 0. The summed E-state index contributed by atoms with van der Waals surface area (Å²) in [6.07, 6.45) is 7.13. The molecule has 0 radical (unpaired) electrons. The van der Waals surface area contributed by atoms with Crippen LogP contribution in [0.15, 0.2) is 54.9 Å². The number of rotatable bonds is 6. The monoisotopic (exact) mass is 436 g/mol. The van der Waals surface area contributed by atoms with Crippen molar-refractivity contribution < 1.29 is 12.0 Å². The third-order valence-corrected chi connectivity index (χ3v) is 5.62. The van der Waals surface area contributed by atoms with Gasteiger partial charge in [-0.15, -0.1) is 0 Å². The number of halogens is 1. The summed E-state index contributed by atoms with van der Waals surface area (Å²) in [6, 6.07) is 11.7. The molecular formula is C24H29FN6O. The zero-order chi connectivity index (χ0) is 22.5. The highest BCUT2D eigenvalue weighted by Gasteiger charge is 2.27. The summed E-state index contributed by atoms with van der Waals surface area (Å²) in [5, 5.41) is 16.7. The first-order valence-corrected chi connectivity index (χ1v) is 10.5. The molecule has 2 aromatic heterocycles. The van der Waals surface area contributed by atoms with Crippen molar-refractivity contribution in [1.29, 1.82) is 5.41 Å². The molecule has 0 bridgehead atoms. The zero-order valence-electron chi connectivity index (χ0n) is 17.7. The van der Waals surface area contributed by atoms with E-state index in [-0.39, 0.29) is 20.7 Å². The maximum atomic E-state index is 13.1. The van der Waals surface area contributed by atoms with Crippen molar-refractivity contribution in [2.75, 3.05) is 10.6 Å². The summed E-state index contributed by atoms with van der Waals surface area (Å²) >= 11 is 0. The fourth-order valence-corrected chi connectivity index (χ4v) is 4.03. The van der Waals surface area contributed by atoms with E-state index in [2.05, 4.69) is 25.9 Å². The Morgan fingerprint density at radius 1 is 1.19 bits per heavy atom. The van der Waals surface area contributed by atoms with Crippen LogP contribution in [-0.2, 0) is 0 Å². The van der Waals surface area contributed by atoms with Crippen LogP contribution in [0.1, 0.15) is 44.9 Å². The number of carbonyl (C=O) groups excluding carboxylic acids is 1. The van der Waals surface area contributed by atoms with Gasteiger partial charge in [0.1, 0.15) is 11.6 Å². The summed E-state index contributed by atoms with van der Waals surface area (Å²) < 4.78 is 13.1. The molecule has 1 aliphatic carbocycles. The molecule has 3 aromatic rings. The Hall–Kier alpha value is -3.81. The standard InChI is InChI=1S/C24H25FN6O.2H2/c1-15-10-21(8-9-27-15)29-22-14-28-23(12-18(22)13-26)31-24(32)30-20-7-4-17(11-20)16-2-5-19(25)6-3-16;;/h2-3,5-6,8-10,12-14,17,20,26H,4,7,11H2,1H3,(H,27,29)(H2,28,30,31,32);2*1H. The minimum Gasteiger partial charge on any atom is -0.354 e. The van der Waals surface area contributed by atoms with Crippen molar-refractivity contribution in [2.24, 2.45) is 0 Å². The molecule has 1 fully saturated rings. The van der Waals surface area contributed by atoms with Gasteiger partial charge in [0, 0.05) is 38.3 Å². The van der Waals surface area contributed by atoms with Crippen molar-refractivity contribution in [1.82, 2.24) is 15.3 Å². The zero-order valence-corrected chi connectivity index (χ0v) is 17.7. The van der Waals surface area contributed by atoms with Crippen LogP contribution in [0, 0.1) is 18.2 Å². The van der Waals surface area contributed by atoms with Gasteiger partial charge in [-0.3, -0.25) is 10.3 Å². The fourth-order valence-electron chi connectivity index (χ4n) is 4.03. The van der Waals surface area contributed by atoms with Crippen LogP contribution < -0.4 is 16.0 Å². The predicted octanol–water partition coefficient (Wildman–Crippen LogP) is 5.62.